The van der Waals surface area contributed by atoms with Crippen molar-refractivity contribution in [3.8, 4) is 23.0 Å². The number of benzene rings is 6. The van der Waals surface area contributed by atoms with E-state index in [9.17, 15) is 10.2 Å². The third kappa shape index (κ3) is 10.3. The Balaban J connectivity index is 1.62. The molecule has 2 N–H and O–H groups in total. The highest BCUT2D eigenvalue weighted by molar-refractivity contribution is 5.57. The topological polar surface area (TPSA) is 58.9 Å². The number of hydrogen-bond donors (Lipinski definition) is 2. The lowest BCUT2D eigenvalue weighted by molar-refractivity contribution is 0.306. The first kappa shape index (κ1) is 44.1. The van der Waals surface area contributed by atoms with Crippen LogP contribution in [0.1, 0.15) is 151 Å². The van der Waals surface area contributed by atoms with E-state index in [-0.39, 0.29) is 33.5 Å². The molecule has 60 heavy (non-hydrogen) atoms. The summed E-state index contributed by atoms with van der Waals surface area (Å²) in [6.07, 6.45) is 0. The van der Waals surface area contributed by atoms with E-state index in [0.717, 1.165) is 67.1 Å². The second-order valence-corrected chi connectivity index (χ2v) is 20.6. The van der Waals surface area contributed by atoms with E-state index in [4.69, 9.17) is 9.47 Å². The van der Waals surface area contributed by atoms with Crippen LogP contribution < -0.4 is 9.47 Å². The Kier molecular flexibility index (Phi) is 12.7. The van der Waals surface area contributed by atoms with Gasteiger partial charge in [-0.25, -0.2) is 0 Å². The molecule has 4 heteroatoms. The minimum Gasteiger partial charge on any atom is -0.507 e. The molecule has 0 aliphatic rings. The van der Waals surface area contributed by atoms with E-state index in [1.807, 2.05) is 36.4 Å². The van der Waals surface area contributed by atoms with Gasteiger partial charge in [0.05, 0.1) is 0 Å². The molecule has 0 fully saturated rings. The number of phenolic OH excluding ortho intramolecular Hbond substituents is 2. The molecule has 0 aromatic heterocycles. The molecule has 2 unspecified atom stereocenters. The summed E-state index contributed by atoms with van der Waals surface area (Å²) in [7, 11) is 0. The zero-order valence-corrected chi connectivity index (χ0v) is 38.0. The molecule has 0 saturated heterocycles. The lowest BCUT2D eigenvalue weighted by Gasteiger charge is -2.35. The van der Waals surface area contributed by atoms with Crippen LogP contribution in [0.15, 0.2) is 133 Å². The Morgan fingerprint density at radius 3 is 0.883 bits per heavy atom. The van der Waals surface area contributed by atoms with E-state index in [0.29, 0.717) is 24.7 Å². The van der Waals surface area contributed by atoms with Crippen LogP contribution in [-0.4, -0.2) is 10.2 Å². The maximum absolute atomic E-state index is 12.0. The lowest BCUT2D eigenvalue weighted by atomic mass is 9.69. The number of phenols is 2. The Morgan fingerprint density at radius 1 is 0.367 bits per heavy atom. The molecule has 6 aromatic carbocycles. The summed E-state index contributed by atoms with van der Waals surface area (Å²) in [5.74, 6) is 1.88. The second-order valence-electron chi connectivity index (χ2n) is 20.6. The van der Waals surface area contributed by atoms with Crippen LogP contribution in [-0.2, 0) is 34.9 Å². The summed E-state index contributed by atoms with van der Waals surface area (Å²) in [5.41, 5.74) is 9.01. The van der Waals surface area contributed by atoms with Gasteiger partial charge in [0.25, 0.3) is 0 Å². The molecule has 0 radical (unpaired) electrons. The van der Waals surface area contributed by atoms with Crippen molar-refractivity contribution in [2.75, 3.05) is 0 Å². The minimum atomic E-state index is -0.329. The van der Waals surface area contributed by atoms with Gasteiger partial charge in [0.15, 0.2) is 0 Å². The van der Waals surface area contributed by atoms with Gasteiger partial charge < -0.3 is 19.7 Å². The van der Waals surface area contributed by atoms with E-state index in [1.54, 1.807) is 0 Å². The van der Waals surface area contributed by atoms with Crippen molar-refractivity contribution in [1.82, 2.24) is 0 Å². The summed E-state index contributed by atoms with van der Waals surface area (Å²) >= 11 is 0. The molecule has 4 nitrogen and oxygen atoms in total. The first-order valence-corrected chi connectivity index (χ1v) is 21.4. The Hall–Kier alpha value is -5.48. The van der Waals surface area contributed by atoms with Crippen molar-refractivity contribution in [3.63, 3.8) is 0 Å². The summed E-state index contributed by atoms with van der Waals surface area (Å²) < 4.78 is 12.6. The zero-order chi connectivity index (χ0) is 43.6. The lowest BCUT2D eigenvalue weighted by Crippen LogP contribution is -2.22. The van der Waals surface area contributed by atoms with Crippen molar-refractivity contribution < 1.29 is 19.7 Å². The Morgan fingerprint density at radius 2 is 0.633 bits per heavy atom. The van der Waals surface area contributed by atoms with Crippen LogP contribution in [0.25, 0.3) is 0 Å². The molecule has 2 atom stereocenters. The van der Waals surface area contributed by atoms with Crippen LogP contribution in [0.4, 0.5) is 0 Å². The molecular formula is C56H66O4. The second kappa shape index (κ2) is 17.2. The number of ether oxygens (including phenoxy) is 2. The van der Waals surface area contributed by atoms with Crippen LogP contribution in [0.2, 0.25) is 0 Å². The van der Waals surface area contributed by atoms with Gasteiger partial charge in [-0.15, -0.1) is 0 Å². The summed E-state index contributed by atoms with van der Waals surface area (Å²) in [6.45, 7) is 27.0. The molecule has 0 heterocycles. The van der Waals surface area contributed by atoms with Gasteiger partial charge in [-0.2, -0.15) is 0 Å². The first-order valence-electron chi connectivity index (χ1n) is 21.4. The molecule has 314 valence electrons. The van der Waals surface area contributed by atoms with Gasteiger partial charge in [0.1, 0.15) is 36.2 Å². The Labute approximate surface area is 360 Å². The number of hydrogen-bond acceptors (Lipinski definition) is 4. The van der Waals surface area contributed by atoms with Crippen molar-refractivity contribution in [3.05, 3.63) is 189 Å². The van der Waals surface area contributed by atoms with Gasteiger partial charge >= 0.3 is 0 Å². The Bertz CT molecular complexity index is 2110. The average molecular weight is 803 g/mol. The summed E-state index contributed by atoms with van der Waals surface area (Å²) in [5, 5.41) is 24.0. The molecule has 0 spiro atoms. The van der Waals surface area contributed by atoms with Crippen molar-refractivity contribution in [1.29, 1.82) is 0 Å². The third-order valence-corrected chi connectivity index (χ3v) is 11.5. The highest BCUT2D eigenvalue weighted by atomic mass is 16.5. The highest BCUT2D eigenvalue weighted by Crippen LogP contribution is 2.50. The van der Waals surface area contributed by atoms with E-state index in [1.165, 1.54) is 0 Å². The van der Waals surface area contributed by atoms with E-state index in [2.05, 4.69) is 180 Å². The monoisotopic (exact) mass is 802 g/mol. The average Bonchev–Trinajstić information content (AvgIpc) is 3.18. The summed E-state index contributed by atoms with van der Waals surface area (Å²) in [6, 6.07) is 46.5. The first-order chi connectivity index (χ1) is 28.1. The molecule has 6 aromatic rings. The van der Waals surface area contributed by atoms with Gasteiger partial charge in [-0.1, -0.05) is 192 Å². The molecule has 6 rings (SSSR count). The maximum atomic E-state index is 12.0. The molecule has 0 bridgehead atoms. The minimum absolute atomic E-state index is 0.211. The normalized spacial score (nSPS) is 13.5. The van der Waals surface area contributed by atoms with Crippen LogP contribution in [0.3, 0.4) is 0 Å². The third-order valence-electron chi connectivity index (χ3n) is 11.5. The zero-order valence-electron chi connectivity index (χ0n) is 38.0. The quantitative estimate of drug-likeness (QED) is 0.137. The smallest absolute Gasteiger partial charge is 0.123 e. The van der Waals surface area contributed by atoms with Crippen molar-refractivity contribution >= 4 is 0 Å². The SMILES string of the molecule is CC(C)(C)c1cc(C(c2ccc(OCc3ccccc3)cc2)C(c2ccc(OCc3ccccc3)cc2)c2cc(C(C)(C)C)c(O)c(C(C)(C)C)c2)cc(C(C)(C)C)c1O. The maximum Gasteiger partial charge on any atom is 0.123 e. The van der Waals surface area contributed by atoms with Gasteiger partial charge in [0, 0.05) is 11.8 Å². The van der Waals surface area contributed by atoms with Crippen LogP contribution >= 0.6 is 0 Å². The predicted molar refractivity (Wildman–Crippen MR) is 249 cm³/mol. The number of aromatic hydroxyl groups is 2. The van der Waals surface area contributed by atoms with Crippen LogP contribution in [0.5, 0.6) is 23.0 Å². The number of rotatable bonds is 11. The summed E-state index contributed by atoms with van der Waals surface area (Å²) in [4.78, 5) is 0. The van der Waals surface area contributed by atoms with Crippen molar-refractivity contribution in [2.24, 2.45) is 0 Å². The fourth-order valence-corrected chi connectivity index (χ4v) is 8.14. The predicted octanol–water partition coefficient (Wildman–Crippen LogP) is 14.4. The molecule has 0 aliphatic heterocycles. The fourth-order valence-electron chi connectivity index (χ4n) is 8.14. The fraction of sp³-hybridized carbons (Fsp3) is 0.357. The molecular weight excluding hydrogens is 737 g/mol. The van der Waals surface area contributed by atoms with E-state index >= 15 is 0 Å². The van der Waals surface area contributed by atoms with Crippen LogP contribution in [0, 0.1) is 0 Å². The van der Waals surface area contributed by atoms with Crippen molar-refractivity contribution in [2.45, 2.75) is 130 Å². The molecule has 0 aliphatic carbocycles. The standard InChI is InChI=1S/C56H66O4/c1-53(2,3)45-31-41(32-46(51(45)57)54(4,5)6)49(39-23-27-43(28-24-39)59-35-37-19-15-13-16-20-37)50(40-25-29-44(30-26-40)60-36-38-21-17-14-18-22-38)42-33-47(55(7,8)9)52(58)48(34-42)56(10,11)12/h13-34,49-50,57-58H,35-36H2,1-12H3. The molecule has 0 amide bonds. The molecule has 0 saturated carbocycles. The van der Waals surface area contributed by atoms with Gasteiger partial charge in [-0.05, 0) is 102 Å². The van der Waals surface area contributed by atoms with Gasteiger partial charge in [0.2, 0.25) is 0 Å². The highest BCUT2D eigenvalue weighted by Gasteiger charge is 2.36. The largest absolute Gasteiger partial charge is 0.507 e. The van der Waals surface area contributed by atoms with Gasteiger partial charge in [-0.3, -0.25) is 0 Å². The van der Waals surface area contributed by atoms with E-state index < -0.39 is 0 Å².